The molecule has 0 aromatic rings. The zero-order valence-electron chi connectivity index (χ0n) is 7.69. The fourth-order valence-corrected chi connectivity index (χ4v) is 1.99. The molecule has 76 valence electrons. The van der Waals surface area contributed by atoms with E-state index in [4.69, 9.17) is 4.74 Å². The Morgan fingerprint density at radius 3 is 2.79 bits per heavy atom. The van der Waals surface area contributed by atoms with Gasteiger partial charge in [-0.25, -0.2) is 4.79 Å². The summed E-state index contributed by atoms with van der Waals surface area (Å²) in [7, 11) is 0. The van der Waals surface area contributed by atoms with Gasteiger partial charge in [0.1, 0.15) is 12.2 Å². The summed E-state index contributed by atoms with van der Waals surface area (Å²) in [6.07, 6.45) is -0.440. The Kier molecular flexibility index (Phi) is 1.69. The Labute approximate surface area is 80.7 Å². The summed E-state index contributed by atoms with van der Waals surface area (Å²) < 4.78 is 4.84. The molecule has 2 saturated heterocycles. The minimum absolute atomic E-state index is 0.276. The molecule has 2 aliphatic heterocycles. The maximum atomic E-state index is 11.3. The van der Waals surface area contributed by atoms with Crippen LogP contribution in [-0.4, -0.2) is 34.7 Å². The van der Waals surface area contributed by atoms with Crippen LogP contribution in [-0.2, 0) is 14.3 Å². The topological polar surface area (TPSA) is 75.6 Å². The average Bonchev–Trinajstić information content (AvgIpc) is 2.37. The maximum Gasteiger partial charge on any atom is 0.339 e. The molecule has 0 bridgehead atoms. The molecule has 5 nitrogen and oxygen atoms in total. The van der Waals surface area contributed by atoms with E-state index in [9.17, 15) is 14.7 Å². The lowest BCUT2D eigenvalue weighted by Gasteiger charge is -2.44. The molecule has 14 heavy (non-hydrogen) atoms. The van der Waals surface area contributed by atoms with E-state index >= 15 is 0 Å². The van der Waals surface area contributed by atoms with E-state index in [2.05, 4.69) is 11.9 Å². The SMILES string of the molecule is C=C[C@H](O)[C@]12NC(=O)[C@H](C)[C@@H]1OC2=O. The quantitative estimate of drug-likeness (QED) is 0.438. The normalized spacial score (nSPS) is 41.9. The summed E-state index contributed by atoms with van der Waals surface area (Å²) in [6.45, 7) is 5.05. The van der Waals surface area contributed by atoms with Gasteiger partial charge in [0.25, 0.3) is 0 Å². The lowest BCUT2D eigenvalue weighted by molar-refractivity contribution is -0.200. The number of fused-ring (bicyclic) bond motifs is 1. The largest absolute Gasteiger partial charge is 0.456 e. The van der Waals surface area contributed by atoms with Crippen molar-refractivity contribution in [3.8, 4) is 0 Å². The van der Waals surface area contributed by atoms with Crippen molar-refractivity contribution in [1.82, 2.24) is 5.32 Å². The van der Waals surface area contributed by atoms with Gasteiger partial charge < -0.3 is 15.2 Å². The van der Waals surface area contributed by atoms with Gasteiger partial charge >= 0.3 is 5.97 Å². The van der Waals surface area contributed by atoms with Gasteiger partial charge in [0.05, 0.1) is 5.92 Å². The van der Waals surface area contributed by atoms with Crippen LogP contribution in [0.2, 0.25) is 0 Å². The Morgan fingerprint density at radius 2 is 2.36 bits per heavy atom. The van der Waals surface area contributed by atoms with Crippen molar-refractivity contribution < 1.29 is 19.4 Å². The van der Waals surface area contributed by atoms with Crippen molar-refractivity contribution in [3.63, 3.8) is 0 Å². The molecule has 2 N–H and O–H groups in total. The summed E-state index contributed by atoms with van der Waals surface area (Å²) in [5.74, 6) is -1.28. The molecule has 2 rings (SSSR count). The van der Waals surface area contributed by atoms with Crippen molar-refractivity contribution in [1.29, 1.82) is 0 Å². The highest BCUT2D eigenvalue weighted by molar-refractivity contribution is 6.00. The van der Waals surface area contributed by atoms with Crippen molar-refractivity contribution in [2.24, 2.45) is 5.92 Å². The van der Waals surface area contributed by atoms with E-state index in [0.717, 1.165) is 0 Å². The molecule has 0 unspecified atom stereocenters. The highest BCUT2D eigenvalue weighted by Crippen LogP contribution is 2.40. The molecule has 2 aliphatic rings. The molecule has 0 saturated carbocycles. The first-order valence-corrected chi connectivity index (χ1v) is 4.37. The molecule has 0 spiro atoms. The van der Waals surface area contributed by atoms with Crippen LogP contribution >= 0.6 is 0 Å². The van der Waals surface area contributed by atoms with Crippen molar-refractivity contribution in [2.45, 2.75) is 24.7 Å². The maximum absolute atomic E-state index is 11.3. The molecule has 0 aliphatic carbocycles. The van der Waals surface area contributed by atoms with Crippen LogP contribution in [0.25, 0.3) is 0 Å². The predicted octanol–water partition coefficient (Wildman–Crippen LogP) is -1.04. The number of amides is 1. The molecule has 2 heterocycles. The van der Waals surface area contributed by atoms with E-state index in [-0.39, 0.29) is 5.91 Å². The van der Waals surface area contributed by atoms with E-state index < -0.39 is 29.6 Å². The van der Waals surface area contributed by atoms with Gasteiger partial charge in [-0.1, -0.05) is 6.08 Å². The molecule has 0 aromatic carbocycles. The van der Waals surface area contributed by atoms with E-state index in [1.807, 2.05) is 0 Å². The van der Waals surface area contributed by atoms with E-state index in [1.165, 1.54) is 6.08 Å². The van der Waals surface area contributed by atoms with Gasteiger partial charge in [-0.2, -0.15) is 0 Å². The average molecular weight is 197 g/mol. The van der Waals surface area contributed by atoms with Crippen LogP contribution in [0, 0.1) is 5.92 Å². The first kappa shape index (κ1) is 9.21. The molecular formula is C9H11NO4. The third-order valence-corrected chi connectivity index (χ3v) is 2.91. The number of aliphatic hydroxyl groups excluding tert-OH is 1. The van der Waals surface area contributed by atoms with Gasteiger partial charge in [-0.3, -0.25) is 4.79 Å². The third kappa shape index (κ3) is 0.778. The van der Waals surface area contributed by atoms with Gasteiger partial charge in [0, 0.05) is 0 Å². The Morgan fingerprint density at radius 1 is 1.71 bits per heavy atom. The second-order valence-corrected chi connectivity index (χ2v) is 3.65. The minimum Gasteiger partial charge on any atom is -0.456 e. The van der Waals surface area contributed by atoms with Gasteiger partial charge in [0.15, 0.2) is 0 Å². The van der Waals surface area contributed by atoms with Crippen LogP contribution < -0.4 is 5.32 Å². The number of carbonyl (C=O) groups excluding carboxylic acids is 2. The zero-order valence-corrected chi connectivity index (χ0v) is 7.69. The fourth-order valence-electron chi connectivity index (χ4n) is 1.99. The van der Waals surface area contributed by atoms with Crippen molar-refractivity contribution >= 4 is 11.9 Å². The highest BCUT2D eigenvalue weighted by atomic mass is 16.6. The smallest absolute Gasteiger partial charge is 0.339 e. The number of ether oxygens (including phenoxy) is 1. The molecule has 2 fully saturated rings. The number of hydrogen-bond donors (Lipinski definition) is 2. The van der Waals surface area contributed by atoms with E-state index in [0.29, 0.717) is 0 Å². The summed E-state index contributed by atoms with van der Waals surface area (Å²) in [5.41, 5.74) is -1.28. The molecular weight excluding hydrogens is 186 g/mol. The zero-order chi connectivity index (χ0) is 10.5. The summed E-state index contributed by atoms with van der Waals surface area (Å²) in [6, 6.07) is 0. The molecule has 5 heteroatoms. The molecule has 4 atom stereocenters. The van der Waals surface area contributed by atoms with E-state index in [1.54, 1.807) is 6.92 Å². The first-order valence-electron chi connectivity index (χ1n) is 4.37. The summed E-state index contributed by atoms with van der Waals surface area (Å²) in [4.78, 5) is 22.6. The van der Waals surface area contributed by atoms with Crippen LogP contribution in [0.15, 0.2) is 12.7 Å². The number of hydrogen-bond acceptors (Lipinski definition) is 4. The van der Waals surface area contributed by atoms with Crippen LogP contribution in [0.5, 0.6) is 0 Å². The monoisotopic (exact) mass is 197 g/mol. The second-order valence-electron chi connectivity index (χ2n) is 3.65. The molecule has 1 amide bonds. The molecule has 0 radical (unpaired) electrons. The fraction of sp³-hybridized carbons (Fsp3) is 0.556. The number of esters is 1. The lowest BCUT2D eigenvalue weighted by Crippen LogP contribution is -2.72. The number of carbonyl (C=O) groups is 2. The third-order valence-electron chi connectivity index (χ3n) is 2.91. The molecule has 0 aromatic heterocycles. The minimum atomic E-state index is -1.28. The van der Waals surface area contributed by atoms with Crippen LogP contribution in [0.4, 0.5) is 0 Å². The lowest BCUT2D eigenvalue weighted by atomic mass is 9.80. The first-order chi connectivity index (χ1) is 6.54. The highest BCUT2D eigenvalue weighted by Gasteiger charge is 2.70. The van der Waals surface area contributed by atoms with Crippen LogP contribution in [0.3, 0.4) is 0 Å². The van der Waals surface area contributed by atoms with Crippen LogP contribution in [0.1, 0.15) is 6.92 Å². The van der Waals surface area contributed by atoms with Crippen molar-refractivity contribution in [2.75, 3.05) is 0 Å². The van der Waals surface area contributed by atoms with Crippen molar-refractivity contribution in [3.05, 3.63) is 12.7 Å². The number of rotatable bonds is 2. The Hall–Kier alpha value is -1.36. The van der Waals surface area contributed by atoms with Gasteiger partial charge in [-0.15, -0.1) is 6.58 Å². The number of aliphatic hydroxyl groups is 1. The number of nitrogens with one attached hydrogen (secondary N) is 1. The van der Waals surface area contributed by atoms with Gasteiger partial charge in [0.2, 0.25) is 11.4 Å². The standard InChI is InChI=1S/C9H11NO4/c1-3-5(11)9-6(14-8(9)13)4(2)7(12)10-9/h3-6,11H,1H2,2H3,(H,10,12)/t4-,5+,6+,9+/m1/s1. The summed E-state index contributed by atoms with van der Waals surface area (Å²) in [5, 5.41) is 12.1. The van der Waals surface area contributed by atoms with Gasteiger partial charge in [-0.05, 0) is 6.92 Å². The summed E-state index contributed by atoms with van der Waals surface area (Å²) >= 11 is 0. The Bertz CT molecular complexity index is 327. The predicted molar refractivity (Wildman–Crippen MR) is 46.1 cm³/mol. The second kappa shape index (κ2) is 2.57. The Balaban J connectivity index is 2.37.